The van der Waals surface area contributed by atoms with Crippen LogP contribution >= 0.6 is 11.8 Å². The van der Waals surface area contributed by atoms with Gasteiger partial charge in [0.2, 0.25) is 5.91 Å². The lowest BCUT2D eigenvalue weighted by Gasteiger charge is -2.38. The second kappa shape index (κ2) is 7.03. The highest BCUT2D eigenvalue weighted by Gasteiger charge is 2.53. The zero-order valence-corrected chi connectivity index (χ0v) is 14.2. The lowest BCUT2D eigenvalue weighted by molar-refractivity contribution is -0.125. The number of allylic oxidation sites excluding steroid dienone is 3. The maximum absolute atomic E-state index is 12.6. The molecule has 1 spiro atoms. The van der Waals surface area contributed by atoms with Gasteiger partial charge in [0.15, 0.2) is 0 Å². The standard InChI is InChI=1S/C18H26N2OS/c1-2-3-4-7-11-20-17(21)14-13-22-18-10-6-5-8-16(18)19-12-9-15(14)18/h5-6,8,10,14-15H,2-4,7,9,11-13H2,1H3,(H,20,21). The smallest absolute Gasteiger partial charge is 0.224 e. The van der Waals surface area contributed by atoms with Gasteiger partial charge in [-0.2, -0.15) is 0 Å². The second-order valence-electron chi connectivity index (χ2n) is 6.44. The number of thioether (sulfide) groups is 1. The van der Waals surface area contributed by atoms with Crippen LogP contribution in [0.1, 0.15) is 39.0 Å². The summed E-state index contributed by atoms with van der Waals surface area (Å²) in [7, 11) is 0. The third-order valence-electron chi connectivity index (χ3n) is 5.04. The van der Waals surface area contributed by atoms with Gasteiger partial charge in [-0.05, 0) is 24.8 Å². The summed E-state index contributed by atoms with van der Waals surface area (Å²) >= 11 is 1.91. The Bertz CT molecular complexity index is 511. The number of carbonyl (C=O) groups excluding carboxylic acids is 1. The summed E-state index contributed by atoms with van der Waals surface area (Å²) in [5.74, 6) is 1.72. The number of nitrogens with zero attached hydrogens (tertiary/aromatic N) is 1. The molecule has 1 aliphatic carbocycles. The average Bonchev–Trinajstić information content (AvgIpc) is 2.92. The van der Waals surface area contributed by atoms with E-state index in [1.165, 1.54) is 25.0 Å². The van der Waals surface area contributed by atoms with Crippen LogP contribution in [-0.4, -0.2) is 35.2 Å². The monoisotopic (exact) mass is 318 g/mol. The van der Waals surface area contributed by atoms with E-state index >= 15 is 0 Å². The molecule has 2 aliphatic heterocycles. The Kier molecular flexibility index (Phi) is 5.07. The van der Waals surface area contributed by atoms with Gasteiger partial charge in [0.1, 0.15) is 0 Å². The number of rotatable bonds is 6. The first-order valence-corrected chi connectivity index (χ1v) is 9.59. The Labute approximate surface area is 137 Å². The summed E-state index contributed by atoms with van der Waals surface area (Å²) in [5.41, 5.74) is 1.18. The van der Waals surface area contributed by atoms with Crippen LogP contribution in [0.25, 0.3) is 0 Å². The predicted molar refractivity (Wildman–Crippen MR) is 94.5 cm³/mol. The number of hydrogen-bond acceptors (Lipinski definition) is 3. The minimum Gasteiger partial charge on any atom is -0.356 e. The third-order valence-corrected chi connectivity index (χ3v) is 6.69. The quantitative estimate of drug-likeness (QED) is 0.763. The Balaban J connectivity index is 1.60. The highest BCUT2D eigenvalue weighted by molar-refractivity contribution is 8.02. The van der Waals surface area contributed by atoms with Crippen LogP contribution in [0.2, 0.25) is 0 Å². The van der Waals surface area contributed by atoms with Crippen LogP contribution in [0.15, 0.2) is 29.3 Å². The summed E-state index contributed by atoms with van der Waals surface area (Å²) in [6, 6.07) is 0. The fraction of sp³-hybridized carbons (Fsp3) is 0.667. The fourth-order valence-electron chi connectivity index (χ4n) is 3.82. The summed E-state index contributed by atoms with van der Waals surface area (Å²) in [4.78, 5) is 17.3. The number of hydrogen-bond donors (Lipinski definition) is 1. The van der Waals surface area contributed by atoms with Gasteiger partial charge in [0.25, 0.3) is 0 Å². The van der Waals surface area contributed by atoms with Crippen molar-refractivity contribution in [1.82, 2.24) is 5.32 Å². The normalized spacial score (nSPS) is 32.3. The summed E-state index contributed by atoms with van der Waals surface area (Å²) < 4.78 is -0.0305. The topological polar surface area (TPSA) is 41.5 Å². The molecular formula is C18H26N2OS. The zero-order valence-electron chi connectivity index (χ0n) is 13.4. The molecule has 1 saturated heterocycles. The van der Waals surface area contributed by atoms with Gasteiger partial charge in [-0.3, -0.25) is 9.79 Å². The number of carbonyl (C=O) groups is 1. The number of unbranched alkanes of at least 4 members (excludes halogenated alkanes) is 3. The molecule has 3 atom stereocenters. The number of nitrogens with one attached hydrogen (secondary N) is 1. The Morgan fingerprint density at radius 2 is 2.32 bits per heavy atom. The van der Waals surface area contributed by atoms with E-state index < -0.39 is 0 Å². The molecule has 3 nitrogen and oxygen atoms in total. The zero-order chi connectivity index (χ0) is 15.4. The first kappa shape index (κ1) is 15.9. The van der Waals surface area contributed by atoms with Gasteiger partial charge < -0.3 is 5.32 Å². The molecule has 0 bridgehead atoms. The lowest BCUT2D eigenvalue weighted by atomic mass is 9.74. The van der Waals surface area contributed by atoms with E-state index in [1.807, 2.05) is 11.8 Å². The van der Waals surface area contributed by atoms with Crippen LogP contribution in [0.4, 0.5) is 0 Å². The predicted octanol–water partition coefficient (Wildman–Crippen LogP) is 3.37. The largest absolute Gasteiger partial charge is 0.356 e. The molecule has 0 aromatic carbocycles. The van der Waals surface area contributed by atoms with Crippen LogP contribution in [0.3, 0.4) is 0 Å². The summed E-state index contributed by atoms with van der Waals surface area (Å²) in [6.45, 7) is 3.90. The van der Waals surface area contributed by atoms with Crippen LogP contribution in [-0.2, 0) is 4.79 Å². The summed E-state index contributed by atoms with van der Waals surface area (Å²) in [5, 5.41) is 3.17. The van der Waals surface area contributed by atoms with Crippen LogP contribution in [0, 0.1) is 11.8 Å². The van der Waals surface area contributed by atoms with E-state index in [4.69, 9.17) is 4.99 Å². The van der Waals surface area contributed by atoms with E-state index in [1.54, 1.807) is 0 Å². The Morgan fingerprint density at radius 3 is 3.18 bits per heavy atom. The summed E-state index contributed by atoms with van der Waals surface area (Å²) in [6.07, 6.45) is 14.4. The van der Waals surface area contributed by atoms with Crippen molar-refractivity contribution in [2.24, 2.45) is 16.8 Å². The van der Waals surface area contributed by atoms with E-state index in [9.17, 15) is 4.79 Å². The maximum Gasteiger partial charge on any atom is 0.224 e. The molecule has 2 heterocycles. The molecule has 3 unspecified atom stereocenters. The van der Waals surface area contributed by atoms with Crippen LogP contribution in [0.5, 0.6) is 0 Å². The van der Waals surface area contributed by atoms with Crippen molar-refractivity contribution in [3.8, 4) is 0 Å². The molecule has 0 aromatic heterocycles. The van der Waals surface area contributed by atoms with Crippen molar-refractivity contribution in [3.63, 3.8) is 0 Å². The highest BCUT2D eigenvalue weighted by Crippen LogP contribution is 2.52. The molecule has 120 valence electrons. The molecule has 4 heteroatoms. The highest BCUT2D eigenvalue weighted by atomic mass is 32.2. The van der Waals surface area contributed by atoms with Crippen LogP contribution < -0.4 is 5.32 Å². The van der Waals surface area contributed by atoms with Crippen molar-refractivity contribution < 1.29 is 4.79 Å². The lowest BCUT2D eigenvalue weighted by Crippen LogP contribution is -2.46. The van der Waals surface area contributed by atoms with Crippen molar-refractivity contribution in [2.75, 3.05) is 18.8 Å². The average molecular weight is 318 g/mol. The molecule has 22 heavy (non-hydrogen) atoms. The second-order valence-corrected chi connectivity index (χ2v) is 7.74. The molecule has 0 saturated carbocycles. The molecule has 0 radical (unpaired) electrons. The maximum atomic E-state index is 12.6. The molecule has 1 N–H and O–H groups in total. The van der Waals surface area contributed by atoms with E-state index in [-0.39, 0.29) is 16.6 Å². The Morgan fingerprint density at radius 1 is 1.41 bits per heavy atom. The molecule has 3 rings (SSSR count). The minimum atomic E-state index is -0.0305. The third kappa shape index (κ3) is 2.90. The van der Waals surface area contributed by atoms with Gasteiger partial charge in [-0.15, -0.1) is 11.8 Å². The van der Waals surface area contributed by atoms with Gasteiger partial charge in [-0.1, -0.05) is 44.4 Å². The first-order chi connectivity index (χ1) is 10.8. The van der Waals surface area contributed by atoms with Crippen molar-refractivity contribution >= 4 is 23.4 Å². The minimum absolute atomic E-state index is 0.0305. The van der Waals surface area contributed by atoms with E-state index in [0.717, 1.165) is 31.7 Å². The van der Waals surface area contributed by atoms with Gasteiger partial charge in [-0.25, -0.2) is 0 Å². The van der Waals surface area contributed by atoms with Crippen molar-refractivity contribution in [2.45, 2.75) is 43.8 Å². The first-order valence-electron chi connectivity index (χ1n) is 8.60. The number of amides is 1. The van der Waals surface area contributed by atoms with Gasteiger partial charge in [0.05, 0.1) is 16.4 Å². The SMILES string of the molecule is CCCCCCNC(=O)C1CSC23C=CC=CC2=NCCC13. The molecular weight excluding hydrogens is 292 g/mol. The molecule has 3 aliphatic rings. The Hall–Kier alpha value is -1.03. The van der Waals surface area contributed by atoms with E-state index in [2.05, 4.69) is 36.5 Å². The van der Waals surface area contributed by atoms with Crippen molar-refractivity contribution in [3.05, 3.63) is 24.3 Å². The van der Waals surface area contributed by atoms with Gasteiger partial charge in [0, 0.05) is 18.8 Å². The van der Waals surface area contributed by atoms with Crippen molar-refractivity contribution in [1.29, 1.82) is 0 Å². The van der Waals surface area contributed by atoms with E-state index in [0.29, 0.717) is 5.92 Å². The van der Waals surface area contributed by atoms with Gasteiger partial charge >= 0.3 is 0 Å². The molecule has 0 aromatic rings. The number of aliphatic imine (C=N–C) groups is 1. The fourth-order valence-corrected chi connectivity index (χ4v) is 5.61. The molecule has 1 amide bonds. The molecule has 1 fully saturated rings.